The molecular weight excluding hydrogens is 194 g/mol. The normalized spacial score (nSPS) is 42.4. The van der Waals surface area contributed by atoms with Crippen LogP contribution in [0.25, 0.3) is 0 Å². The van der Waals surface area contributed by atoms with Crippen molar-refractivity contribution in [2.45, 2.75) is 24.4 Å². The number of carboxylic acid groups (broad SMARTS) is 1. The molecule has 7 nitrogen and oxygen atoms in total. The third-order valence-electron chi connectivity index (χ3n) is 2.47. The molecule has 0 aromatic carbocycles. The molecule has 14 heavy (non-hydrogen) atoms. The first-order chi connectivity index (χ1) is 6.49. The minimum Gasteiger partial charge on any atom is -0.465 e. The number of aliphatic hydroxyl groups excluding tert-OH is 4. The van der Waals surface area contributed by atoms with E-state index in [4.69, 9.17) is 10.2 Å². The molecule has 6 N–H and O–H groups in total. The SMILES string of the molecule is O=C(O)NC1C(O)C(O)C(O)C1CO. The molecule has 1 amide bonds. The Labute approximate surface area is 79.6 Å². The highest BCUT2D eigenvalue weighted by Gasteiger charge is 2.49. The van der Waals surface area contributed by atoms with Gasteiger partial charge < -0.3 is 30.8 Å². The van der Waals surface area contributed by atoms with E-state index in [1.54, 1.807) is 0 Å². The van der Waals surface area contributed by atoms with Gasteiger partial charge in [-0.05, 0) is 0 Å². The highest BCUT2D eigenvalue weighted by atomic mass is 16.4. The fraction of sp³-hybridized carbons (Fsp3) is 0.857. The Morgan fingerprint density at radius 1 is 1.14 bits per heavy atom. The van der Waals surface area contributed by atoms with Crippen LogP contribution >= 0.6 is 0 Å². The Bertz CT molecular complexity index is 222. The van der Waals surface area contributed by atoms with Crippen molar-refractivity contribution in [1.29, 1.82) is 0 Å². The molecule has 0 heterocycles. The molecule has 7 heteroatoms. The molecule has 5 atom stereocenters. The maximum Gasteiger partial charge on any atom is 0.404 e. The summed E-state index contributed by atoms with van der Waals surface area (Å²) in [5.74, 6) is -0.893. The average molecular weight is 207 g/mol. The quantitative estimate of drug-likeness (QED) is 0.293. The zero-order valence-corrected chi connectivity index (χ0v) is 7.24. The zero-order chi connectivity index (χ0) is 10.9. The summed E-state index contributed by atoms with van der Waals surface area (Å²) in [6.45, 7) is -0.514. The van der Waals surface area contributed by atoms with Gasteiger partial charge >= 0.3 is 6.09 Å². The first-order valence-corrected chi connectivity index (χ1v) is 4.13. The summed E-state index contributed by atoms with van der Waals surface area (Å²) in [7, 11) is 0. The maximum absolute atomic E-state index is 10.3. The third kappa shape index (κ3) is 1.80. The maximum atomic E-state index is 10.3. The monoisotopic (exact) mass is 207 g/mol. The predicted molar refractivity (Wildman–Crippen MR) is 43.5 cm³/mol. The highest BCUT2D eigenvalue weighted by molar-refractivity contribution is 5.65. The standard InChI is InChI=1S/C7H13NO6/c9-1-2-3(8-7(13)14)5(11)6(12)4(2)10/h2-6,8-12H,1H2,(H,13,14). The Kier molecular flexibility index (Phi) is 3.27. The van der Waals surface area contributed by atoms with Crippen molar-refractivity contribution in [1.82, 2.24) is 5.32 Å². The van der Waals surface area contributed by atoms with Gasteiger partial charge in [-0.2, -0.15) is 0 Å². The Hall–Kier alpha value is -0.890. The lowest BCUT2D eigenvalue weighted by Crippen LogP contribution is -2.46. The number of carbonyl (C=O) groups is 1. The van der Waals surface area contributed by atoms with E-state index in [0.717, 1.165) is 0 Å². The highest BCUT2D eigenvalue weighted by Crippen LogP contribution is 2.26. The molecule has 5 unspecified atom stereocenters. The summed E-state index contributed by atoms with van der Waals surface area (Å²) in [5, 5.41) is 47.0. The van der Waals surface area contributed by atoms with Crippen LogP contribution in [-0.4, -0.2) is 62.6 Å². The van der Waals surface area contributed by atoms with Crippen LogP contribution in [0.3, 0.4) is 0 Å². The molecule has 1 fully saturated rings. The van der Waals surface area contributed by atoms with Crippen molar-refractivity contribution < 1.29 is 30.3 Å². The van der Waals surface area contributed by atoms with E-state index in [9.17, 15) is 20.1 Å². The Morgan fingerprint density at radius 3 is 2.14 bits per heavy atom. The van der Waals surface area contributed by atoms with Gasteiger partial charge in [-0.15, -0.1) is 0 Å². The van der Waals surface area contributed by atoms with Crippen molar-refractivity contribution >= 4 is 6.09 Å². The molecule has 0 bridgehead atoms. The van der Waals surface area contributed by atoms with Crippen molar-refractivity contribution in [3.8, 4) is 0 Å². The Morgan fingerprint density at radius 2 is 1.71 bits per heavy atom. The van der Waals surface area contributed by atoms with Crippen LogP contribution in [0.4, 0.5) is 4.79 Å². The van der Waals surface area contributed by atoms with Crippen molar-refractivity contribution in [2.24, 2.45) is 5.92 Å². The first-order valence-electron chi connectivity index (χ1n) is 4.13. The predicted octanol–water partition coefficient (Wildman–Crippen LogP) is -2.67. The van der Waals surface area contributed by atoms with Gasteiger partial charge in [-0.25, -0.2) is 4.79 Å². The van der Waals surface area contributed by atoms with Gasteiger partial charge in [0.2, 0.25) is 0 Å². The number of nitrogens with one attached hydrogen (secondary N) is 1. The van der Waals surface area contributed by atoms with Crippen molar-refractivity contribution in [3.05, 3.63) is 0 Å². The summed E-state index contributed by atoms with van der Waals surface area (Å²) >= 11 is 0. The minimum atomic E-state index is -1.44. The second-order valence-corrected chi connectivity index (χ2v) is 3.29. The van der Waals surface area contributed by atoms with Crippen LogP contribution in [0.2, 0.25) is 0 Å². The van der Waals surface area contributed by atoms with Gasteiger partial charge in [-0.1, -0.05) is 0 Å². The van der Waals surface area contributed by atoms with Crippen LogP contribution < -0.4 is 5.32 Å². The van der Waals surface area contributed by atoms with E-state index in [1.165, 1.54) is 0 Å². The topological polar surface area (TPSA) is 130 Å². The van der Waals surface area contributed by atoms with E-state index in [2.05, 4.69) is 0 Å². The van der Waals surface area contributed by atoms with E-state index >= 15 is 0 Å². The van der Waals surface area contributed by atoms with Crippen LogP contribution in [0.15, 0.2) is 0 Å². The molecule has 1 aliphatic rings. The summed E-state index contributed by atoms with van der Waals surface area (Å²) in [4.78, 5) is 10.3. The molecule has 1 aliphatic carbocycles. The minimum absolute atomic E-state index is 0.514. The molecule has 1 rings (SSSR count). The van der Waals surface area contributed by atoms with Gasteiger partial charge in [0, 0.05) is 5.92 Å². The van der Waals surface area contributed by atoms with E-state index in [1.807, 2.05) is 5.32 Å². The first kappa shape index (κ1) is 11.2. The lowest BCUT2D eigenvalue weighted by molar-refractivity contribution is -0.0311. The van der Waals surface area contributed by atoms with E-state index in [0.29, 0.717) is 0 Å². The lowest BCUT2D eigenvalue weighted by Gasteiger charge is -2.20. The fourth-order valence-electron chi connectivity index (χ4n) is 1.69. The largest absolute Gasteiger partial charge is 0.465 e. The molecule has 0 radical (unpaired) electrons. The third-order valence-corrected chi connectivity index (χ3v) is 2.47. The van der Waals surface area contributed by atoms with Gasteiger partial charge in [0.05, 0.1) is 18.8 Å². The smallest absolute Gasteiger partial charge is 0.404 e. The van der Waals surface area contributed by atoms with Crippen LogP contribution in [0.1, 0.15) is 0 Å². The van der Waals surface area contributed by atoms with Gasteiger partial charge in [0.25, 0.3) is 0 Å². The summed E-state index contributed by atoms with van der Waals surface area (Å²) in [5.41, 5.74) is 0. The number of amides is 1. The molecule has 0 aliphatic heterocycles. The second kappa shape index (κ2) is 4.09. The van der Waals surface area contributed by atoms with Crippen molar-refractivity contribution in [3.63, 3.8) is 0 Å². The summed E-state index contributed by atoms with van der Waals surface area (Å²) in [6.07, 6.45) is -5.55. The van der Waals surface area contributed by atoms with Crippen LogP contribution in [0.5, 0.6) is 0 Å². The molecule has 0 aromatic rings. The Balaban J connectivity index is 2.75. The lowest BCUT2D eigenvalue weighted by atomic mass is 10.0. The molecule has 82 valence electrons. The molecular formula is C7H13NO6. The van der Waals surface area contributed by atoms with Gasteiger partial charge in [-0.3, -0.25) is 0 Å². The van der Waals surface area contributed by atoms with Gasteiger partial charge in [0.15, 0.2) is 0 Å². The number of hydrogen-bond acceptors (Lipinski definition) is 5. The van der Waals surface area contributed by atoms with Crippen molar-refractivity contribution in [2.75, 3.05) is 6.61 Å². The molecule has 0 saturated heterocycles. The second-order valence-electron chi connectivity index (χ2n) is 3.29. The fourth-order valence-corrected chi connectivity index (χ4v) is 1.69. The number of rotatable bonds is 2. The zero-order valence-electron chi connectivity index (χ0n) is 7.24. The van der Waals surface area contributed by atoms with Crippen LogP contribution in [0, 0.1) is 5.92 Å². The van der Waals surface area contributed by atoms with Crippen LogP contribution in [-0.2, 0) is 0 Å². The number of hydrogen-bond donors (Lipinski definition) is 6. The van der Waals surface area contributed by atoms with Gasteiger partial charge in [0.1, 0.15) is 12.2 Å². The van der Waals surface area contributed by atoms with E-state index in [-0.39, 0.29) is 0 Å². The number of aliphatic hydroxyl groups is 4. The molecule has 1 saturated carbocycles. The molecule has 0 aromatic heterocycles. The summed E-state index contributed by atoms with van der Waals surface area (Å²) in [6, 6.07) is -1.05. The van der Waals surface area contributed by atoms with E-state index < -0.39 is 43.0 Å². The summed E-state index contributed by atoms with van der Waals surface area (Å²) < 4.78 is 0. The molecule has 0 spiro atoms. The average Bonchev–Trinajstić information content (AvgIpc) is 2.31.